The Morgan fingerprint density at radius 1 is 1.50 bits per heavy atom. The summed E-state index contributed by atoms with van der Waals surface area (Å²) in [5.74, 6) is 0.492. The van der Waals surface area contributed by atoms with E-state index in [4.69, 9.17) is 16.3 Å². The van der Waals surface area contributed by atoms with Crippen LogP contribution in [0.15, 0.2) is 29.2 Å². The summed E-state index contributed by atoms with van der Waals surface area (Å²) in [6, 6.07) is 3.60. The largest absolute Gasteiger partial charge is 0.462 e. The first kappa shape index (κ1) is 15.1. The Kier molecular flexibility index (Phi) is 5.76. The molecule has 1 rings (SSSR count). The highest BCUT2D eigenvalue weighted by Gasteiger charge is 2.13. The number of thioether (sulfide) groups is 1. The molecule has 0 atom stereocenters. The minimum absolute atomic E-state index is 0.326. The van der Waals surface area contributed by atoms with Crippen molar-refractivity contribution in [3.8, 4) is 0 Å². The molecule has 0 amide bonds. The molecule has 0 heterocycles. The standard InChI is InChI=1S/C14H17ClO2S/c1-5-17-14(16)11-7-12(15)13(6-10(11)4)18-8-9(2)3/h6-7H,2,5,8H2,1,3-4H3. The third-order valence-electron chi connectivity index (χ3n) is 2.25. The number of aryl methyl sites for hydroxylation is 1. The van der Waals surface area contributed by atoms with E-state index in [1.165, 1.54) is 0 Å². The SMILES string of the molecule is C=C(C)CSc1cc(C)c(C(=O)OCC)cc1Cl. The molecule has 0 saturated carbocycles. The fourth-order valence-corrected chi connectivity index (χ4v) is 2.58. The van der Waals surface area contributed by atoms with Crippen LogP contribution in [-0.4, -0.2) is 18.3 Å². The molecule has 0 aliphatic rings. The maximum Gasteiger partial charge on any atom is 0.338 e. The van der Waals surface area contributed by atoms with Crippen molar-refractivity contribution in [2.75, 3.05) is 12.4 Å². The summed E-state index contributed by atoms with van der Waals surface area (Å²) in [5.41, 5.74) is 2.49. The monoisotopic (exact) mass is 284 g/mol. The van der Waals surface area contributed by atoms with E-state index in [-0.39, 0.29) is 5.97 Å². The predicted molar refractivity (Wildman–Crippen MR) is 77.7 cm³/mol. The second-order valence-electron chi connectivity index (χ2n) is 4.06. The zero-order valence-corrected chi connectivity index (χ0v) is 12.5. The molecule has 18 heavy (non-hydrogen) atoms. The molecule has 1 aromatic carbocycles. The van der Waals surface area contributed by atoms with Gasteiger partial charge in [-0.25, -0.2) is 4.79 Å². The van der Waals surface area contributed by atoms with Crippen LogP contribution in [0.5, 0.6) is 0 Å². The first-order valence-electron chi connectivity index (χ1n) is 5.70. The molecule has 4 heteroatoms. The molecule has 0 N–H and O–H groups in total. The van der Waals surface area contributed by atoms with E-state index in [9.17, 15) is 4.79 Å². The molecule has 1 aromatic rings. The molecular weight excluding hydrogens is 268 g/mol. The van der Waals surface area contributed by atoms with E-state index in [1.54, 1.807) is 24.8 Å². The van der Waals surface area contributed by atoms with Gasteiger partial charge in [0.1, 0.15) is 0 Å². The molecule has 0 aliphatic carbocycles. The highest BCUT2D eigenvalue weighted by molar-refractivity contribution is 7.99. The first-order chi connectivity index (χ1) is 8.45. The van der Waals surface area contributed by atoms with Crippen LogP contribution in [-0.2, 0) is 4.74 Å². The lowest BCUT2D eigenvalue weighted by Crippen LogP contribution is -2.06. The Morgan fingerprint density at radius 3 is 2.72 bits per heavy atom. The van der Waals surface area contributed by atoms with Gasteiger partial charge in [-0.05, 0) is 38.5 Å². The molecule has 98 valence electrons. The molecule has 0 unspecified atom stereocenters. The Hall–Kier alpha value is -0.930. The van der Waals surface area contributed by atoms with E-state index < -0.39 is 0 Å². The van der Waals surface area contributed by atoms with Crippen LogP contribution in [0.2, 0.25) is 5.02 Å². The molecule has 0 radical (unpaired) electrons. The number of hydrogen-bond donors (Lipinski definition) is 0. The van der Waals surface area contributed by atoms with Crippen LogP contribution in [0, 0.1) is 6.92 Å². The molecule has 0 fully saturated rings. The van der Waals surface area contributed by atoms with Gasteiger partial charge in [0, 0.05) is 10.6 Å². The van der Waals surface area contributed by atoms with Gasteiger partial charge in [0.15, 0.2) is 0 Å². The Bertz CT molecular complexity index is 469. The van der Waals surface area contributed by atoms with Gasteiger partial charge in [0.2, 0.25) is 0 Å². The number of carbonyl (C=O) groups excluding carboxylic acids is 1. The minimum Gasteiger partial charge on any atom is -0.462 e. The molecule has 0 saturated heterocycles. The Morgan fingerprint density at radius 2 is 2.17 bits per heavy atom. The summed E-state index contributed by atoms with van der Waals surface area (Å²) in [6.45, 7) is 9.86. The first-order valence-corrected chi connectivity index (χ1v) is 7.06. The average molecular weight is 285 g/mol. The molecular formula is C14H17ClO2S. The quantitative estimate of drug-likeness (QED) is 0.453. The van der Waals surface area contributed by atoms with Crippen LogP contribution in [0.1, 0.15) is 29.8 Å². The van der Waals surface area contributed by atoms with Crippen LogP contribution >= 0.6 is 23.4 Å². The summed E-state index contributed by atoms with van der Waals surface area (Å²) < 4.78 is 4.98. The number of rotatable bonds is 5. The minimum atomic E-state index is -0.326. The van der Waals surface area contributed by atoms with Crippen LogP contribution < -0.4 is 0 Å². The van der Waals surface area contributed by atoms with Crippen LogP contribution in [0.25, 0.3) is 0 Å². The van der Waals surface area contributed by atoms with Crippen molar-refractivity contribution in [2.45, 2.75) is 25.7 Å². The number of hydrogen-bond acceptors (Lipinski definition) is 3. The Balaban J connectivity index is 2.96. The number of esters is 1. The summed E-state index contributed by atoms with van der Waals surface area (Å²) in [6.07, 6.45) is 0. The lowest BCUT2D eigenvalue weighted by atomic mass is 10.1. The number of ether oxygens (including phenoxy) is 1. The van der Waals surface area contributed by atoms with E-state index in [1.807, 2.05) is 19.9 Å². The molecule has 0 aromatic heterocycles. The van der Waals surface area contributed by atoms with E-state index in [2.05, 4.69) is 6.58 Å². The van der Waals surface area contributed by atoms with Gasteiger partial charge in [-0.2, -0.15) is 0 Å². The molecule has 2 nitrogen and oxygen atoms in total. The van der Waals surface area contributed by atoms with Crippen molar-refractivity contribution in [3.05, 3.63) is 40.4 Å². The lowest BCUT2D eigenvalue weighted by molar-refractivity contribution is 0.0525. The third-order valence-corrected chi connectivity index (χ3v) is 3.96. The van der Waals surface area contributed by atoms with Gasteiger partial charge >= 0.3 is 5.97 Å². The lowest BCUT2D eigenvalue weighted by Gasteiger charge is -2.10. The Labute approximate surface area is 117 Å². The molecule has 0 aliphatic heterocycles. The molecule has 0 bridgehead atoms. The maximum absolute atomic E-state index is 11.7. The fraction of sp³-hybridized carbons (Fsp3) is 0.357. The van der Waals surface area contributed by atoms with Crippen LogP contribution in [0.4, 0.5) is 0 Å². The van der Waals surface area contributed by atoms with Crippen molar-refractivity contribution in [1.29, 1.82) is 0 Å². The van der Waals surface area contributed by atoms with Gasteiger partial charge < -0.3 is 4.74 Å². The second-order valence-corrected chi connectivity index (χ2v) is 5.49. The average Bonchev–Trinajstić information content (AvgIpc) is 2.29. The van der Waals surface area contributed by atoms with Gasteiger partial charge in [-0.3, -0.25) is 0 Å². The second kappa shape index (κ2) is 6.86. The number of halogens is 1. The van der Waals surface area contributed by atoms with E-state index in [0.717, 1.165) is 21.8 Å². The zero-order chi connectivity index (χ0) is 13.7. The molecule has 0 spiro atoms. The smallest absolute Gasteiger partial charge is 0.338 e. The van der Waals surface area contributed by atoms with Gasteiger partial charge in [0.05, 0.1) is 17.2 Å². The zero-order valence-electron chi connectivity index (χ0n) is 10.9. The highest BCUT2D eigenvalue weighted by Crippen LogP contribution is 2.31. The van der Waals surface area contributed by atoms with Crippen molar-refractivity contribution in [2.24, 2.45) is 0 Å². The summed E-state index contributed by atoms with van der Waals surface area (Å²) in [5, 5.41) is 0.579. The third kappa shape index (κ3) is 4.07. The fourth-order valence-electron chi connectivity index (χ4n) is 1.40. The van der Waals surface area contributed by atoms with Gasteiger partial charge in [0.25, 0.3) is 0 Å². The maximum atomic E-state index is 11.7. The number of carbonyl (C=O) groups is 1. The predicted octanol–water partition coefficient (Wildman–Crippen LogP) is 4.49. The normalized spacial score (nSPS) is 10.2. The van der Waals surface area contributed by atoms with Crippen molar-refractivity contribution in [3.63, 3.8) is 0 Å². The summed E-state index contributed by atoms with van der Waals surface area (Å²) >= 11 is 7.79. The van der Waals surface area contributed by atoms with E-state index >= 15 is 0 Å². The number of benzene rings is 1. The van der Waals surface area contributed by atoms with Crippen molar-refractivity contribution < 1.29 is 9.53 Å². The topological polar surface area (TPSA) is 26.3 Å². The van der Waals surface area contributed by atoms with Gasteiger partial charge in [-0.15, -0.1) is 11.8 Å². The summed E-state index contributed by atoms with van der Waals surface area (Å²) in [4.78, 5) is 12.7. The van der Waals surface area contributed by atoms with Gasteiger partial charge in [-0.1, -0.05) is 23.8 Å². The van der Waals surface area contributed by atoms with E-state index in [0.29, 0.717) is 17.2 Å². The highest BCUT2D eigenvalue weighted by atomic mass is 35.5. The van der Waals surface area contributed by atoms with Crippen molar-refractivity contribution in [1.82, 2.24) is 0 Å². The van der Waals surface area contributed by atoms with Crippen molar-refractivity contribution >= 4 is 29.3 Å². The van der Waals surface area contributed by atoms with Crippen LogP contribution in [0.3, 0.4) is 0 Å². The summed E-state index contributed by atoms with van der Waals surface area (Å²) in [7, 11) is 0.